The fourth-order valence-electron chi connectivity index (χ4n) is 2.09. The third-order valence-electron chi connectivity index (χ3n) is 3.20. The van der Waals surface area contributed by atoms with Gasteiger partial charge in [-0.3, -0.25) is 5.10 Å². The quantitative estimate of drug-likeness (QED) is 0.836. The van der Waals surface area contributed by atoms with Crippen molar-refractivity contribution in [3.05, 3.63) is 12.4 Å². The van der Waals surface area contributed by atoms with E-state index in [4.69, 9.17) is 0 Å². The Morgan fingerprint density at radius 2 is 2.29 bits per heavy atom. The van der Waals surface area contributed by atoms with Crippen LogP contribution in [0, 0.1) is 0 Å². The molecule has 0 radical (unpaired) electrons. The largest absolute Gasteiger partial charge is 0.305 e. The molecule has 0 spiro atoms. The van der Waals surface area contributed by atoms with E-state index in [0.29, 0.717) is 19.1 Å². The third-order valence-corrected chi connectivity index (χ3v) is 5.03. The maximum atomic E-state index is 12.3. The zero-order chi connectivity index (χ0) is 12.5. The van der Waals surface area contributed by atoms with E-state index < -0.39 is 10.0 Å². The number of hydrogen-bond acceptors (Lipinski definition) is 4. The Morgan fingerprint density at radius 3 is 2.88 bits per heavy atom. The average molecular weight is 258 g/mol. The molecule has 0 amide bonds. The first kappa shape index (κ1) is 12.5. The fourth-order valence-corrected chi connectivity index (χ4v) is 3.51. The van der Waals surface area contributed by atoms with E-state index in [2.05, 4.69) is 15.1 Å². The third kappa shape index (κ3) is 2.51. The van der Waals surface area contributed by atoms with Gasteiger partial charge in [-0.1, -0.05) is 0 Å². The van der Waals surface area contributed by atoms with Crippen molar-refractivity contribution in [1.29, 1.82) is 0 Å². The van der Waals surface area contributed by atoms with E-state index in [9.17, 15) is 8.42 Å². The number of sulfonamides is 1. The van der Waals surface area contributed by atoms with Crippen molar-refractivity contribution in [2.24, 2.45) is 0 Å². The number of aromatic amines is 1. The molecule has 2 heterocycles. The minimum Gasteiger partial charge on any atom is -0.305 e. The van der Waals surface area contributed by atoms with Crippen molar-refractivity contribution >= 4 is 10.0 Å². The van der Waals surface area contributed by atoms with Gasteiger partial charge in [0.15, 0.2) is 0 Å². The number of piperidine rings is 1. The van der Waals surface area contributed by atoms with E-state index in [1.807, 2.05) is 14.1 Å². The molecule has 6 nitrogen and oxygen atoms in total. The molecule has 1 aliphatic rings. The highest BCUT2D eigenvalue weighted by Crippen LogP contribution is 2.21. The van der Waals surface area contributed by atoms with Crippen LogP contribution in [0.2, 0.25) is 0 Å². The molecule has 0 aromatic carbocycles. The second-order valence-electron chi connectivity index (χ2n) is 4.56. The standard InChI is InChI=1S/C10H18N4O2S/c1-13(2)9-4-3-5-14(8-9)17(15,16)10-6-11-12-7-10/h6-7,9H,3-5,8H2,1-2H3,(H,11,12). The summed E-state index contributed by atoms with van der Waals surface area (Å²) in [6.07, 6.45) is 4.73. The van der Waals surface area contributed by atoms with Gasteiger partial charge in [0.1, 0.15) is 4.90 Å². The Labute approximate surface area is 102 Å². The van der Waals surface area contributed by atoms with Crippen molar-refractivity contribution in [2.75, 3.05) is 27.2 Å². The van der Waals surface area contributed by atoms with Crippen LogP contribution in [0.15, 0.2) is 17.3 Å². The summed E-state index contributed by atoms with van der Waals surface area (Å²) < 4.78 is 26.1. The Hall–Kier alpha value is -0.920. The number of rotatable bonds is 3. The van der Waals surface area contributed by atoms with Crippen molar-refractivity contribution in [2.45, 2.75) is 23.8 Å². The minimum atomic E-state index is -3.37. The zero-order valence-electron chi connectivity index (χ0n) is 10.1. The first-order valence-corrected chi connectivity index (χ1v) is 7.11. The lowest BCUT2D eigenvalue weighted by Crippen LogP contribution is -2.47. The Morgan fingerprint density at radius 1 is 1.53 bits per heavy atom. The summed E-state index contributed by atoms with van der Waals surface area (Å²) in [5, 5.41) is 6.24. The van der Waals surface area contributed by atoms with E-state index >= 15 is 0 Å². The second kappa shape index (κ2) is 4.75. The molecule has 1 atom stereocenters. The molecule has 1 fully saturated rings. The van der Waals surface area contributed by atoms with Gasteiger partial charge in [-0.15, -0.1) is 0 Å². The second-order valence-corrected chi connectivity index (χ2v) is 6.49. The van der Waals surface area contributed by atoms with E-state index in [-0.39, 0.29) is 4.90 Å². The molecule has 1 unspecified atom stereocenters. The number of hydrogen-bond donors (Lipinski definition) is 1. The molecule has 1 saturated heterocycles. The van der Waals surface area contributed by atoms with Gasteiger partial charge >= 0.3 is 0 Å². The maximum absolute atomic E-state index is 12.3. The van der Waals surface area contributed by atoms with Crippen molar-refractivity contribution in [3.63, 3.8) is 0 Å². The van der Waals surface area contributed by atoms with Gasteiger partial charge in [0, 0.05) is 25.3 Å². The van der Waals surface area contributed by atoms with Crippen LogP contribution in [-0.2, 0) is 10.0 Å². The van der Waals surface area contributed by atoms with Crippen LogP contribution < -0.4 is 0 Å². The Kier molecular flexibility index (Phi) is 3.50. The number of likely N-dealkylation sites (N-methyl/N-ethyl adjacent to an activating group) is 1. The number of H-pyrrole nitrogens is 1. The van der Waals surface area contributed by atoms with Crippen LogP contribution in [0.25, 0.3) is 0 Å². The summed E-state index contributed by atoms with van der Waals surface area (Å²) in [6, 6.07) is 0.297. The lowest BCUT2D eigenvalue weighted by Gasteiger charge is -2.35. The number of aromatic nitrogens is 2. The summed E-state index contributed by atoms with van der Waals surface area (Å²) in [6.45, 7) is 1.15. The van der Waals surface area contributed by atoms with Crippen LogP contribution >= 0.6 is 0 Å². The monoisotopic (exact) mass is 258 g/mol. The smallest absolute Gasteiger partial charge is 0.246 e. The summed E-state index contributed by atoms with van der Waals surface area (Å²) in [4.78, 5) is 2.33. The van der Waals surface area contributed by atoms with Crippen LogP contribution in [0.3, 0.4) is 0 Å². The van der Waals surface area contributed by atoms with Crippen LogP contribution in [0.1, 0.15) is 12.8 Å². The summed E-state index contributed by atoms with van der Waals surface area (Å²) in [5.74, 6) is 0. The highest BCUT2D eigenvalue weighted by atomic mass is 32.2. The van der Waals surface area contributed by atoms with E-state index in [0.717, 1.165) is 12.8 Å². The maximum Gasteiger partial charge on any atom is 0.246 e. The molecule has 0 bridgehead atoms. The highest BCUT2D eigenvalue weighted by molar-refractivity contribution is 7.89. The minimum absolute atomic E-state index is 0.247. The fraction of sp³-hybridized carbons (Fsp3) is 0.700. The van der Waals surface area contributed by atoms with Gasteiger partial charge < -0.3 is 4.90 Å². The van der Waals surface area contributed by atoms with Crippen LogP contribution in [0.4, 0.5) is 0 Å². The number of nitrogens with zero attached hydrogens (tertiary/aromatic N) is 3. The normalized spacial score (nSPS) is 23.1. The van der Waals surface area contributed by atoms with Gasteiger partial charge in [0.05, 0.1) is 6.20 Å². The Balaban J connectivity index is 2.17. The first-order chi connectivity index (χ1) is 8.01. The van der Waals surface area contributed by atoms with E-state index in [1.54, 1.807) is 4.31 Å². The predicted molar refractivity (Wildman–Crippen MR) is 64.1 cm³/mol. The molecular formula is C10H18N4O2S. The van der Waals surface area contributed by atoms with Crippen LogP contribution in [-0.4, -0.2) is 61.0 Å². The van der Waals surface area contributed by atoms with Gasteiger partial charge in [0.2, 0.25) is 10.0 Å². The summed E-state index contributed by atoms with van der Waals surface area (Å²) >= 11 is 0. The lowest BCUT2D eigenvalue weighted by atomic mass is 10.1. The summed E-state index contributed by atoms with van der Waals surface area (Å²) in [5.41, 5.74) is 0. The molecule has 1 aliphatic heterocycles. The SMILES string of the molecule is CN(C)C1CCCN(S(=O)(=O)c2cn[nH]c2)C1. The molecule has 7 heteroatoms. The van der Waals surface area contributed by atoms with Gasteiger partial charge in [-0.2, -0.15) is 9.40 Å². The molecule has 96 valence electrons. The molecule has 0 saturated carbocycles. The molecule has 2 rings (SSSR count). The predicted octanol–water partition coefficient (Wildman–Crippen LogP) is 0.124. The van der Waals surface area contributed by atoms with Crippen molar-refractivity contribution in [1.82, 2.24) is 19.4 Å². The van der Waals surface area contributed by atoms with E-state index in [1.165, 1.54) is 12.4 Å². The topological polar surface area (TPSA) is 69.3 Å². The highest BCUT2D eigenvalue weighted by Gasteiger charge is 2.31. The molecule has 0 aliphatic carbocycles. The van der Waals surface area contributed by atoms with Gasteiger partial charge in [-0.05, 0) is 26.9 Å². The van der Waals surface area contributed by atoms with Gasteiger partial charge in [-0.25, -0.2) is 8.42 Å². The van der Waals surface area contributed by atoms with Gasteiger partial charge in [0.25, 0.3) is 0 Å². The molecular weight excluding hydrogens is 240 g/mol. The van der Waals surface area contributed by atoms with Crippen molar-refractivity contribution in [3.8, 4) is 0 Å². The molecule has 1 aromatic heterocycles. The first-order valence-electron chi connectivity index (χ1n) is 5.67. The Bertz CT molecular complexity index is 455. The number of nitrogens with one attached hydrogen (secondary N) is 1. The molecule has 1 N–H and O–H groups in total. The van der Waals surface area contributed by atoms with Crippen LogP contribution in [0.5, 0.6) is 0 Å². The summed E-state index contributed by atoms with van der Waals surface area (Å²) in [7, 11) is 0.597. The van der Waals surface area contributed by atoms with Crippen molar-refractivity contribution < 1.29 is 8.42 Å². The lowest BCUT2D eigenvalue weighted by molar-refractivity contribution is 0.190. The zero-order valence-corrected chi connectivity index (χ0v) is 10.9. The molecule has 1 aromatic rings. The molecule has 17 heavy (non-hydrogen) atoms. The average Bonchev–Trinajstić information content (AvgIpc) is 2.83.